The quantitative estimate of drug-likeness (QED) is 0.540. The monoisotopic (exact) mass is 197 g/mol. The first-order chi connectivity index (χ1) is 6.29. The standard InChI is InChI=1S/C11H19NO2/c1-7(8-5-9(12)6-8)10(13)14-11(2,3)4/h8-9H,1,5-6,12H2,2-4H3. The Hall–Kier alpha value is -0.830. The first-order valence-corrected chi connectivity index (χ1v) is 4.97. The van der Waals surface area contributed by atoms with Crippen LogP contribution in [-0.4, -0.2) is 17.6 Å². The van der Waals surface area contributed by atoms with Gasteiger partial charge in [0.1, 0.15) is 5.60 Å². The predicted octanol–water partition coefficient (Wildman–Crippen LogP) is 1.62. The zero-order valence-corrected chi connectivity index (χ0v) is 9.17. The molecule has 14 heavy (non-hydrogen) atoms. The van der Waals surface area contributed by atoms with Gasteiger partial charge in [0.15, 0.2) is 0 Å². The Labute approximate surface area is 85.3 Å². The van der Waals surface area contributed by atoms with Gasteiger partial charge in [-0.2, -0.15) is 0 Å². The van der Waals surface area contributed by atoms with Gasteiger partial charge in [0, 0.05) is 11.6 Å². The van der Waals surface area contributed by atoms with Crippen LogP contribution in [0.4, 0.5) is 0 Å². The lowest BCUT2D eigenvalue weighted by Gasteiger charge is -2.33. The van der Waals surface area contributed by atoms with Crippen LogP contribution in [0.1, 0.15) is 33.6 Å². The average Bonchev–Trinajstić information content (AvgIpc) is 1.94. The fourth-order valence-corrected chi connectivity index (χ4v) is 1.46. The molecule has 1 aliphatic carbocycles. The summed E-state index contributed by atoms with van der Waals surface area (Å²) < 4.78 is 5.21. The summed E-state index contributed by atoms with van der Waals surface area (Å²) in [6.45, 7) is 9.32. The molecule has 0 heterocycles. The van der Waals surface area contributed by atoms with E-state index < -0.39 is 5.60 Å². The number of esters is 1. The molecule has 1 rings (SSSR count). The van der Waals surface area contributed by atoms with E-state index in [1.54, 1.807) is 0 Å². The minimum atomic E-state index is -0.439. The molecule has 1 saturated carbocycles. The van der Waals surface area contributed by atoms with Crippen molar-refractivity contribution in [3.8, 4) is 0 Å². The minimum Gasteiger partial charge on any atom is -0.457 e. The van der Waals surface area contributed by atoms with Crippen LogP contribution < -0.4 is 5.73 Å². The maximum Gasteiger partial charge on any atom is 0.334 e. The summed E-state index contributed by atoms with van der Waals surface area (Å²) in [7, 11) is 0. The molecule has 0 spiro atoms. The van der Waals surface area contributed by atoms with Crippen LogP contribution in [0.15, 0.2) is 12.2 Å². The van der Waals surface area contributed by atoms with Crippen LogP contribution >= 0.6 is 0 Å². The third kappa shape index (κ3) is 2.84. The first kappa shape index (κ1) is 11.2. The third-order valence-corrected chi connectivity index (χ3v) is 2.33. The minimum absolute atomic E-state index is 0.235. The van der Waals surface area contributed by atoms with E-state index in [2.05, 4.69) is 6.58 Å². The van der Waals surface area contributed by atoms with E-state index in [-0.39, 0.29) is 17.9 Å². The molecule has 3 nitrogen and oxygen atoms in total. The summed E-state index contributed by atoms with van der Waals surface area (Å²) in [5.41, 5.74) is 5.77. The highest BCUT2D eigenvalue weighted by molar-refractivity contribution is 5.88. The molecule has 2 N–H and O–H groups in total. The van der Waals surface area contributed by atoms with E-state index >= 15 is 0 Å². The molecule has 3 heteroatoms. The van der Waals surface area contributed by atoms with E-state index in [9.17, 15) is 4.79 Å². The predicted molar refractivity (Wildman–Crippen MR) is 55.7 cm³/mol. The Morgan fingerprint density at radius 2 is 1.93 bits per heavy atom. The number of ether oxygens (including phenoxy) is 1. The molecule has 0 aliphatic heterocycles. The summed E-state index contributed by atoms with van der Waals surface area (Å²) in [5, 5.41) is 0. The van der Waals surface area contributed by atoms with Crippen molar-refractivity contribution in [3.05, 3.63) is 12.2 Å². The molecule has 0 unspecified atom stereocenters. The van der Waals surface area contributed by atoms with Crippen molar-refractivity contribution in [2.75, 3.05) is 0 Å². The highest BCUT2D eigenvalue weighted by atomic mass is 16.6. The van der Waals surface area contributed by atoms with E-state index in [1.165, 1.54) is 0 Å². The number of carbonyl (C=O) groups is 1. The van der Waals surface area contributed by atoms with Crippen molar-refractivity contribution in [1.82, 2.24) is 0 Å². The van der Waals surface area contributed by atoms with Gasteiger partial charge in [0.2, 0.25) is 0 Å². The van der Waals surface area contributed by atoms with Crippen LogP contribution in [0.5, 0.6) is 0 Å². The fraction of sp³-hybridized carbons (Fsp3) is 0.727. The lowest BCUT2D eigenvalue weighted by Crippen LogP contribution is -2.39. The van der Waals surface area contributed by atoms with Gasteiger partial charge in [-0.25, -0.2) is 4.79 Å². The van der Waals surface area contributed by atoms with Crippen molar-refractivity contribution in [3.63, 3.8) is 0 Å². The zero-order valence-electron chi connectivity index (χ0n) is 9.17. The summed E-state index contributed by atoms with van der Waals surface area (Å²) in [6.07, 6.45) is 1.72. The van der Waals surface area contributed by atoms with E-state index in [1.807, 2.05) is 20.8 Å². The van der Waals surface area contributed by atoms with Crippen molar-refractivity contribution in [2.45, 2.75) is 45.3 Å². The first-order valence-electron chi connectivity index (χ1n) is 4.97. The largest absolute Gasteiger partial charge is 0.457 e. The lowest BCUT2D eigenvalue weighted by atomic mass is 9.76. The highest BCUT2D eigenvalue weighted by Crippen LogP contribution is 2.32. The number of rotatable bonds is 2. The molecule has 0 bridgehead atoms. The van der Waals surface area contributed by atoms with Crippen LogP contribution in [-0.2, 0) is 9.53 Å². The topological polar surface area (TPSA) is 52.3 Å². The second-order valence-electron chi connectivity index (χ2n) is 4.96. The van der Waals surface area contributed by atoms with E-state index in [0.717, 1.165) is 12.8 Å². The van der Waals surface area contributed by atoms with Gasteiger partial charge in [-0.3, -0.25) is 0 Å². The van der Waals surface area contributed by atoms with Crippen molar-refractivity contribution in [2.24, 2.45) is 11.7 Å². The summed E-state index contributed by atoms with van der Waals surface area (Å²) in [5.74, 6) is -0.0470. The molecule has 0 saturated heterocycles. The molecular weight excluding hydrogens is 178 g/mol. The van der Waals surface area contributed by atoms with Crippen LogP contribution in [0.2, 0.25) is 0 Å². The Morgan fingerprint density at radius 3 is 2.29 bits per heavy atom. The van der Waals surface area contributed by atoms with Crippen molar-refractivity contribution >= 4 is 5.97 Å². The molecule has 1 fully saturated rings. The molecule has 80 valence electrons. The maximum absolute atomic E-state index is 11.5. The maximum atomic E-state index is 11.5. The summed E-state index contributed by atoms with van der Waals surface area (Å²) in [6, 6.07) is 0.235. The van der Waals surface area contributed by atoms with Crippen molar-refractivity contribution in [1.29, 1.82) is 0 Å². The number of hydrogen-bond donors (Lipinski definition) is 1. The van der Waals surface area contributed by atoms with Gasteiger partial charge in [-0.05, 0) is 39.5 Å². The molecule has 0 aromatic carbocycles. The molecular formula is C11H19NO2. The highest BCUT2D eigenvalue weighted by Gasteiger charge is 2.33. The van der Waals surface area contributed by atoms with E-state index in [0.29, 0.717) is 5.57 Å². The summed E-state index contributed by atoms with van der Waals surface area (Å²) in [4.78, 5) is 11.5. The SMILES string of the molecule is C=C(C(=O)OC(C)(C)C)C1CC(N)C1. The fourth-order valence-electron chi connectivity index (χ4n) is 1.46. The van der Waals surface area contributed by atoms with Crippen LogP contribution in [0.3, 0.4) is 0 Å². The van der Waals surface area contributed by atoms with Crippen LogP contribution in [0.25, 0.3) is 0 Å². The molecule has 0 radical (unpaired) electrons. The van der Waals surface area contributed by atoms with Crippen LogP contribution in [0, 0.1) is 5.92 Å². The zero-order chi connectivity index (χ0) is 10.9. The molecule has 0 aromatic heterocycles. The molecule has 0 atom stereocenters. The van der Waals surface area contributed by atoms with E-state index in [4.69, 9.17) is 10.5 Å². The van der Waals surface area contributed by atoms with Gasteiger partial charge in [-0.1, -0.05) is 6.58 Å². The van der Waals surface area contributed by atoms with Gasteiger partial charge >= 0.3 is 5.97 Å². The number of hydrogen-bond acceptors (Lipinski definition) is 3. The average molecular weight is 197 g/mol. The Bertz CT molecular complexity index is 247. The Morgan fingerprint density at radius 1 is 1.43 bits per heavy atom. The number of carbonyl (C=O) groups excluding carboxylic acids is 1. The van der Waals surface area contributed by atoms with Gasteiger partial charge in [0.25, 0.3) is 0 Å². The Kier molecular flexibility index (Phi) is 3.00. The number of nitrogens with two attached hydrogens (primary N) is 1. The smallest absolute Gasteiger partial charge is 0.334 e. The second-order valence-corrected chi connectivity index (χ2v) is 4.96. The second kappa shape index (κ2) is 3.73. The van der Waals surface area contributed by atoms with Gasteiger partial charge in [0.05, 0.1) is 0 Å². The molecule has 1 aliphatic rings. The van der Waals surface area contributed by atoms with Crippen molar-refractivity contribution < 1.29 is 9.53 Å². The normalized spacial score (nSPS) is 26.6. The Balaban J connectivity index is 2.42. The molecule has 0 amide bonds. The van der Waals surface area contributed by atoms with Gasteiger partial charge in [-0.15, -0.1) is 0 Å². The van der Waals surface area contributed by atoms with Gasteiger partial charge < -0.3 is 10.5 Å². The molecule has 0 aromatic rings. The lowest BCUT2D eigenvalue weighted by molar-refractivity contribution is -0.150. The summed E-state index contributed by atoms with van der Waals surface area (Å²) >= 11 is 0. The third-order valence-electron chi connectivity index (χ3n) is 2.33.